The van der Waals surface area contributed by atoms with E-state index in [1.165, 1.54) is 0 Å². The summed E-state index contributed by atoms with van der Waals surface area (Å²) in [5, 5.41) is 10.7. The lowest BCUT2D eigenvalue weighted by Gasteiger charge is -2.36. The average molecular weight is 316 g/mol. The van der Waals surface area contributed by atoms with Crippen LogP contribution in [0.2, 0.25) is 0 Å². The third-order valence-electron chi connectivity index (χ3n) is 4.12. The molecule has 0 spiro atoms. The number of thioether (sulfide) groups is 1. The average Bonchev–Trinajstić information content (AvgIpc) is 3.10. The van der Waals surface area contributed by atoms with Gasteiger partial charge in [0.15, 0.2) is 0 Å². The Labute approximate surface area is 134 Å². The molecule has 1 fully saturated rings. The molecule has 1 aliphatic rings. The van der Waals surface area contributed by atoms with E-state index in [9.17, 15) is 4.79 Å². The second-order valence-electron chi connectivity index (χ2n) is 5.42. The number of amides is 1. The molecule has 22 heavy (non-hydrogen) atoms. The maximum Gasteiger partial charge on any atom is 0.252 e. The van der Waals surface area contributed by atoms with Gasteiger partial charge in [-0.05, 0) is 56.5 Å². The molecule has 0 radical (unpaired) electrons. The molecule has 2 N–H and O–H groups in total. The minimum absolute atomic E-state index is 0.0101. The van der Waals surface area contributed by atoms with E-state index in [0.29, 0.717) is 0 Å². The number of carbonyl (C=O) groups excluding carboxylic acids is 1. The van der Waals surface area contributed by atoms with E-state index in [4.69, 9.17) is 0 Å². The molecular weight excluding hydrogens is 296 g/mol. The van der Waals surface area contributed by atoms with E-state index in [-0.39, 0.29) is 5.91 Å². The third-order valence-corrected chi connectivity index (χ3v) is 4.85. The predicted octanol–water partition coefficient (Wildman–Crippen LogP) is 2.32. The van der Waals surface area contributed by atoms with Gasteiger partial charge in [-0.15, -0.1) is 11.8 Å². The maximum atomic E-state index is 13.0. The summed E-state index contributed by atoms with van der Waals surface area (Å²) in [5.41, 5.74) is 0.228. The number of aromatic nitrogens is 2. The summed E-state index contributed by atoms with van der Waals surface area (Å²) in [6.45, 7) is 1.64. The van der Waals surface area contributed by atoms with Crippen molar-refractivity contribution in [3.05, 3.63) is 42.7 Å². The first kappa shape index (κ1) is 15.1. The van der Waals surface area contributed by atoms with Gasteiger partial charge in [0.25, 0.3) is 5.91 Å². The highest BCUT2D eigenvalue weighted by Gasteiger charge is 2.42. The molecule has 116 valence electrons. The van der Waals surface area contributed by atoms with E-state index in [1.54, 1.807) is 18.0 Å². The number of anilines is 1. The summed E-state index contributed by atoms with van der Waals surface area (Å²) in [6, 6.07) is 9.79. The molecule has 1 aromatic heterocycles. The molecule has 1 saturated heterocycles. The maximum absolute atomic E-state index is 13.0. The van der Waals surface area contributed by atoms with Crippen LogP contribution in [0.4, 0.5) is 5.69 Å². The Morgan fingerprint density at radius 1 is 1.36 bits per heavy atom. The fourth-order valence-corrected chi connectivity index (χ4v) is 3.33. The fraction of sp³-hybridized carbons (Fsp3) is 0.375. The number of nitrogens with one attached hydrogen (secondary N) is 2. The normalized spacial score (nSPS) is 17.1. The van der Waals surface area contributed by atoms with E-state index in [2.05, 4.69) is 15.7 Å². The zero-order valence-electron chi connectivity index (χ0n) is 12.6. The molecule has 1 aliphatic heterocycles. The number of piperidine rings is 1. The number of hydrogen-bond acceptors (Lipinski definition) is 4. The van der Waals surface area contributed by atoms with Gasteiger partial charge in [0.05, 0.1) is 0 Å². The van der Waals surface area contributed by atoms with Crippen LogP contribution in [0.5, 0.6) is 0 Å². The van der Waals surface area contributed by atoms with Crippen molar-refractivity contribution in [3.63, 3.8) is 0 Å². The van der Waals surface area contributed by atoms with Gasteiger partial charge in [-0.2, -0.15) is 5.10 Å². The van der Waals surface area contributed by atoms with Gasteiger partial charge in [-0.25, -0.2) is 0 Å². The Balaban J connectivity index is 1.86. The Morgan fingerprint density at radius 2 is 2.18 bits per heavy atom. The first-order chi connectivity index (χ1) is 10.7. The minimum atomic E-state index is -0.607. The molecule has 2 aromatic rings. The highest BCUT2D eigenvalue weighted by atomic mass is 32.2. The molecule has 1 amide bonds. The molecular formula is C16H20N4OS. The molecule has 6 heteroatoms. The molecule has 5 nitrogen and oxygen atoms in total. The van der Waals surface area contributed by atoms with E-state index >= 15 is 0 Å². The van der Waals surface area contributed by atoms with Crippen LogP contribution >= 0.6 is 11.8 Å². The number of rotatable bonds is 4. The van der Waals surface area contributed by atoms with Gasteiger partial charge in [0, 0.05) is 23.0 Å². The summed E-state index contributed by atoms with van der Waals surface area (Å²) < 4.78 is 1.81. The van der Waals surface area contributed by atoms with Gasteiger partial charge in [0.2, 0.25) is 0 Å². The van der Waals surface area contributed by atoms with E-state index in [0.717, 1.165) is 36.5 Å². The van der Waals surface area contributed by atoms with Crippen molar-refractivity contribution in [2.75, 3.05) is 24.7 Å². The number of hydrogen-bond donors (Lipinski definition) is 2. The van der Waals surface area contributed by atoms with Crippen molar-refractivity contribution in [1.82, 2.24) is 15.1 Å². The predicted molar refractivity (Wildman–Crippen MR) is 89.2 cm³/mol. The van der Waals surface area contributed by atoms with Crippen LogP contribution in [0.25, 0.3) is 0 Å². The quantitative estimate of drug-likeness (QED) is 0.850. The summed E-state index contributed by atoms with van der Waals surface area (Å²) >= 11 is 1.66. The van der Waals surface area contributed by atoms with Crippen LogP contribution in [-0.4, -0.2) is 35.0 Å². The van der Waals surface area contributed by atoms with Crippen LogP contribution in [-0.2, 0) is 10.3 Å². The van der Waals surface area contributed by atoms with Crippen molar-refractivity contribution in [2.45, 2.75) is 23.3 Å². The minimum Gasteiger partial charge on any atom is -0.324 e. The Morgan fingerprint density at radius 3 is 2.86 bits per heavy atom. The van der Waals surface area contributed by atoms with E-state index in [1.807, 2.05) is 47.5 Å². The lowest BCUT2D eigenvalue weighted by Crippen LogP contribution is -2.52. The summed E-state index contributed by atoms with van der Waals surface area (Å²) in [4.78, 5) is 14.1. The monoisotopic (exact) mass is 316 g/mol. The van der Waals surface area contributed by atoms with Gasteiger partial charge >= 0.3 is 0 Å². The molecule has 0 atom stereocenters. The zero-order chi connectivity index (χ0) is 15.4. The first-order valence-electron chi connectivity index (χ1n) is 7.41. The summed E-state index contributed by atoms with van der Waals surface area (Å²) in [6.07, 6.45) is 7.11. The first-order valence-corrected chi connectivity index (χ1v) is 8.63. The topological polar surface area (TPSA) is 59.0 Å². The Kier molecular flexibility index (Phi) is 4.49. The third kappa shape index (κ3) is 2.89. The van der Waals surface area contributed by atoms with Gasteiger partial charge in [0.1, 0.15) is 5.54 Å². The molecule has 0 unspecified atom stereocenters. The standard InChI is InChI=1S/C16H20N4OS/c1-22-14-5-2-4-13(12-14)19-15(21)16(6-9-17-10-7-16)20-11-3-8-18-20/h2-5,8,11-12,17H,6-7,9-10H2,1H3,(H,19,21). The number of nitrogens with zero attached hydrogens (tertiary/aromatic N) is 2. The van der Waals surface area contributed by atoms with Gasteiger partial charge in [-0.3, -0.25) is 9.48 Å². The highest BCUT2D eigenvalue weighted by Crippen LogP contribution is 2.29. The Hall–Kier alpha value is -1.79. The van der Waals surface area contributed by atoms with Crippen molar-refractivity contribution >= 4 is 23.4 Å². The summed E-state index contributed by atoms with van der Waals surface area (Å²) in [5.74, 6) is 0.0101. The molecule has 1 aromatic carbocycles. The smallest absolute Gasteiger partial charge is 0.252 e. The Bertz CT molecular complexity index is 635. The second kappa shape index (κ2) is 6.54. The lowest BCUT2D eigenvalue weighted by molar-refractivity contribution is -0.126. The largest absolute Gasteiger partial charge is 0.324 e. The van der Waals surface area contributed by atoms with Crippen LogP contribution < -0.4 is 10.6 Å². The van der Waals surface area contributed by atoms with Gasteiger partial charge in [-0.1, -0.05) is 6.07 Å². The molecule has 2 heterocycles. The van der Waals surface area contributed by atoms with Crippen molar-refractivity contribution in [2.24, 2.45) is 0 Å². The van der Waals surface area contributed by atoms with Crippen molar-refractivity contribution < 1.29 is 4.79 Å². The zero-order valence-corrected chi connectivity index (χ0v) is 13.4. The number of benzene rings is 1. The van der Waals surface area contributed by atoms with Crippen LogP contribution in [0, 0.1) is 0 Å². The molecule has 0 saturated carbocycles. The fourth-order valence-electron chi connectivity index (χ4n) is 2.87. The molecule has 3 rings (SSSR count). The highest BCUT2D eigenvalue weighted by molar-refractivity contribution is 7.98. The van der Waals surface area contributed by atoms with Crippen molar-refractivity contribution in [1.29, 1.82) is 0 Å². The van der Waals surface area contributed by atoms with Crippen LogP contribution in [0.1, 0.15) is 12.8 Å². The van der Waals surface area contributed by atoms with Gasteiger partial charge < -0.3 is 10.6 Å². The number of carbonyl (C=O) groups is 1. The SMILES string of the molecule is CSc1cccc(NC(=O)C2(n3cccn3)CCNCC2)c1. The van der Waals surface area contributed by atoms with E-state index < -0.39 is 5.54 Å². The molecule has 0 bridgehead atoms. The second-order valence-corrected chi connectivity index (χ2v) is 6.30. The lowest BCUT2D eigenvalue weighted by atomic mass is 9.87. The van der Waals surface area contributed by atoms with Crippen molar-refractivity contribution in [3.8, 4) is 0 Å². The van der Waals surface area contributed by atoms with Crippen LogP contribution in [0.15, 0.2) is 47.6 Å². The van der Waals surface area contributed by atoms with Crippen LogP contribution in [0.3, 0.4) is 0 Å². The summed E-state index contributed by atoms with van der Waals surface area (Å²) in [7, 11) is 0. The molecule has 0 aliphatic carbocycles.